The number of benzene rings is 1. The molecule has 0 spiro atoms. The van der Waals surface area contributed by atoms with E-state index in [-0.39, 0.29) is 9.92 Å². The number of rotatable bonds is 3. The van der Waals surface area contributed by atoms with Gasteiger partial charge in [-0.1, -0.05) is 23.7 Å². The van der Waals surface area contributed by atoms with Crippen LogP contribution >= 0.6 is 11.6 Å². The molecule has 4 rings (SSSR count). The summed E-state index contributed by atoms with van der Waals surface area (Å²) < 4.78 is 27.3. The molecule has 132 valence electrons. The van der Waals surface area contributed by atoms with Crippen molar-refractivity contribution < 1.29 is 8.42 Å². The van der Waals surface area contributed by atoms with Gasteiger partial charge < -0.3 is 4.90 Å². The Morgan fingerprint density at radius 2 is 1.76 bits per heavy atom. The number of hydrogen-bond donors (Lipinski definition) is 0. The van der Waals surface area contributed by atoms with Crippen LogP contribution in [0.2, 0.25) is 5.02 Å². The molecule has 2 aromatic rings. The van der Waals surface area contributed by atoms with Crippen molar-refractivity contribution in [1.29, 1.82) is 0 Å². The van der Waals surface area contributed by atoms with E-state index in [4.69, 9.17) is 11.6 Å². The van der Waals surface area contributed by atoms with Gasteiger partial charge in [-0.05, 0) is 37.0 Å². The van der Waals surface area contributed by atoms with Crippen molar-refractivity contribution in [1.82, 2.24) is 14.3 Å². The van der Waals surface area contributed by atoms with Gasteiger partial charge in [0, 0.05) is 38.1 Å². The van der Waals surface area contributed by atoms with Gasteiger partial charge in [-0.25, -0.2) is 18.4 Å². The molecule has 1 aromatic heterocycles. The molecule has 2 atom stereocenters. The van der Waals surface area contributed by atoms with Crippen molar-refractivity contribution in [2.75, 3.05) is 31.1 Å². The Kier molecular flexibility index (Phi) is 4.17. The third kappa shape index (κ3) is 3.01. The number of aromatic nitrogens is 2. The molecule has 8 heteroatoms. The smallest absolute Gasteiger partial charge is 0.244 e. The average molecular weight is 379 g/mol. The van der Waals surface area contributed by atoms with Gasteiger partial charge in [0.05, 0.1) is 5.02 Å². The lowest BCUT2D eigenvalue weighted by Crippen LogP contribution is -2.34. The molecule has 0 bridgehead atoms. The van der Waals surface area contributed by atoms with Crippen molar-refractivity contribution in [2.45, 2.75) is 11.8 Å². The molecule has 3 heterocycles. The first-order valence-electron chi connectivity index (χ1n) is 8.24. The highest BCUT2D eigenvalue weighted by molar-refractivity contribution is 7.89. The van der Waals surface area contributed by atoms with Gasteiger partial charge in [-0.2, -0.15) is 4.31 Å². The predicted octanol–water partition coefficient (Wildman–Crippen LogP) is 2.20. The van der Waals surface area contributed by atoms with Crippen LogP contribution in [0, 0.1) is 18.8 Å². The lowest BCUT2D eigenvalue weighted by molar-refractivity contribution is 0.453. The van der Waals surface area contributed by atoms with Crippen LogP contribution in [-0.4, -0.2) is 48.9 Å². The molecule has 0 radical (unpaired) electrons. The van der Waals surface area contributed by atoms with E-state index in [2.05, 4.69) is 14.9 Å². The van der Waals surface area contributed by atoms with Gasteiger partial charge >= 0.3 is 0 Å². The minimum Gasteiger partial charge on any atom is -0.340 e. The van der Waals surface area contributed by atoms with Gasteiger partial charge in [-0.15, -0.1) is 0 Å². The molecule has 2 unspecified atom stereocenters. The van der Waals surface area contributed by atoms with Crippen LogP contribution in [0.25, 0.3) is 0 Å². The molecule has 25 heavy (non-hydrogen) atoms. The number of hydrogen-bond acceptors (Lipinski definition) is 5. The summed E-state index contributed by atoms with van der Waals surface area (Å²) in [4.78, 5) is 11.2. The summed E-state index contributed by atoms with van der Waals surface area (Å²) in [6, 6.07) is 8.49. The molecule has 0 N–H and O–H groups in total. The van der Waals surface area contributed by atoms with Crippen LogP contribution < -0.4 is 4.90 Å². The summed E-state index contributed by atoms with van der Waals surface area (Å²) in [6.45, 7) is 4.53. The van der Waals surface area contributed by atoms with Gasteiger partial charge in [0.15, 0.2) is 0 Å². The van der Waals surface area contributed by atoms with Crippen LogP contribution in [-0.2, 0) is 10.0 Å². The first-order chi connectivity index (χ1) is 11.9. The zero-order chi connectivity index (χ0) is 17.6. The summed E-state index contributed by atoms with van der Waals surface area (Å²) in [5.41, 5.74) is 0.935. The van der Waals surface area contributed by atoms with Crippen LogP contribution in [0.4, 0.5) is 5.95 Å². The summed E-state index contributed by atoms with van der Waals surface area (Å²) >= 11 is 6.10. The fourth-order valence-electron chi connectivity index (χ4n) is 3.69. The molecule has 2 aliphatic heterocycles. The Bertz CT molecular complexity index is 891. The maximum atomic E-state index is 12.9. The molecule has 6 nitrogen and oxygen atoms in total. The molecule has 2 aliphatic rings. The minimum absolute atomic E-state index is 0.190. The van der Waals surface area contributed by atoms with E-state index in [0.717, 1.165) is 24.7 Å². The molecule has 0 aliphatic carbocycles. The molecule has 1 aromatic carbocycles. The Morgan fingerprint density at radius 3 is 2.40 bits per heavy atom. The molecule has 0 saturated carbocycles. The maximum Gasteiger partial charge on any atom is 0.244 e. The SMILES string of the molecule is Cc1ccnc(N2CC3CN(S(=O)(=O)c4ccccc4Cl)CC3C2)n1. The Morgan fingerprint density at radius 1 is 1.08 bits per heavy atom. The first kappa shape index (κ1) is 16.8. The van der Waals surface area contributed by atoms with E-state index >= 15 is 0 Å². The van der Waals surface area contributed by atoms with Crippen molar-refractivity contribution >= 4 is 27.6 Å². The molecule has 2 fully saturated rings. The molecular formula is C17H19ClN4O2S. The maximum absolute atomic E-state index is 12.9. The van der Waals surface area contributed by atoms with Crippen molar-refractivity contribution in [3.63, 3.8) is 0 Å². The zero-order valence-corrected chi connectivity index (χ0v) is 15.4. The summed E-state index contributed by atoms with van der Waals surface area (Å²) in [6.07, 6.45) is 1.76. The summed E-state index contributed by atoms with van der Waals surface area (Å²) in [5, 5.41) is 0.273. The fourth-order valence-corrected chi connectivity index (χ4v) is 5.74. The van der Waals surface area contributed by atoms with Crippen LogP contribution in [0.1, 0.15) is 5.69 Å². The largest absolute Gasteiger partial charge is 0.340 e. The second kappa shape index (κ2) is 6.23. The molecule has 0 amide bonds. The van der Waals surface area contributed by atoms with E-state index < -0.39 is 10.0 Å². The third-order valence-corrected chi connectivity index (χ3v) is 7.30. The Labute approximate surface area is 152 Å². The molecular weight excluding hydrogens is 360 g/mol. The second-order valence-electron chi connectivity index (χ2n) is 6.68. The highest BCUT2D eigenvalue weighted by Crippen LogP contribution is 2.36. The minimum atomic E-state index is -3.55. The van der Waals surface area contributed by atoms with Crippen molar-refractivity contribution in [3.05, 3.63) is 47.2 Å². The van der Waals surface area contributed by atoms with Crippen molar-refractivity contribution in [2.24, 2.45) is 11.8 Å². The average Bonchev–Trinajstić information content (AvgIpc) is 3.14. The number of sulfonamides is 1. The Balaban J connectivity index is 1.50. The summed E-state index contributed by atoms with van der Waals surface area (Å²) in [5.74, 6) is 1.32. The highest BCUT2D eigenvalue weighted by atomic mass is 35.5. The number of halogens is 1. The van der Waals surface area contributed by atoms with E-state index in [1.807, 2.05) is 13.0 Å². The third-order valence-electron chi connectivity index (χ3n) is 4.97. The lowest BCUT2D eigenvalue weighted by atomic mass is 10.0. The van der Waals surface area contributed by atoms with Gasteiger partial charge in [0.1, 0.15) is 4.90 Å². The highest BCUT2D eigenvalue weighted by Gasteiger charge is 2.45. The quantitative estimate of drug-likeness (QED) is 0.819. The van der Waals surface area contributed by atoms with Gasteiger partial charge in [0.25, 0.3) is 0 Å². The topological polar surface area (TPSA) is 66.4 Å². The zero-order valence-electron chi connectivity index (χ0n) is 13.8. The molecule has 2 saturated heterocycles. The monoisotopic (exact) mass is 378 g/mol. The first-order valence-corrected chi connectivity index (χ1v) is 10.1. The number of nitrogens with zero attached hydrogens (tertiary/aromatic N) is 4. The number of fused-ring (bicyclic) bond motifs is 1. The van der Waals surface area contributed by atoms with Crippen LogP contribution in [0.15, 0.2) is 41.4 Å². The van der Waals surface area contributed by atoms with E-state index in [1.165, 1.54) is 0 Å². The van der Waals surface area contributed by atoms with Crippen LogP contribution in [0.3, 0.4) is 0 Å². The van der Waals surface area contributed by atoms with E-state index in [0.29, 0.717) is 24.9 Å². The fraction of sp³-hybridized carbons (Fsp3) is 0.412. The van der Waals surface area contributed by atoms with Gasteiger partial charge in [-0.3, -0.25) is 0 Å². The second-order valence-corrected chi connectivity index (χ2v) is 8.99. The summed E-state index contributed by atoms with van der Waals surface area (Å²) in [7, 11) is -3.55. The van der Waals surface area contributed by atoms with Crippen LogP contribution in [0.5, 0.6) is 0 Å². The standard InChI is InChI=1S/C17H19ClN4O2S/c1-12-6-7-19-17(20-12)21-8-13-10-22(11-14(13)9-21)25(23,24)16-5-3-2-4-15(16)18/h2-7,13-14H,8-11H2,1H3. The van der Waals surface area contributed by atoms with Gasteiger partial charge in [0.2, 0.25) is 16.0 Å². The van der Waals surface area contributed by atoms with Crippen molar-refractivity contribution in [3.8, 4) is 0 Å². The lowest BCUT2D eigenvalue weighted by Gasteiger charge is -2.22. The normalized spacial score (nSPS) is 23.8. The number of aryl methyl sites for hydroxylation is 1. The Hall–Kier alpha value is -1.70. The van der Waals surface area contributed by atoms with E-state index in [9.17, 15) is 8.42 Å². The predicted molar refractivity (Wildman–Crippen MR) is 96.2 cm³/mol. The number of anilines is 1. The van der Waals surface area contributed by atoms with E-state index in [1.54, 1.807) is 34.8 Å².